The fourth-order valence-electron chi connectivity index (χ4n) is 2.99. The molecule has 0 spiro atoms. The molecule has 0 N–H and O–H groups in total. The van der Waals surface area contributed by atoms with E-state index in [2.05, 4.69) is 9.84 Å². The topological polar surface area (TPSA) is 70.4 Å². The minimum Gasteiger partial charge on any atom is -0.466 e. The van der Waals surface area contributed by atoms with Crippen molar-refractivity contribution in [2.45, 2.75) is 32.1 Å². The molecular formula is C18H19FN2O4. The number of ether oxygens (including phenoxy) is 2. The van der Waals surface area contributed by atoms with Gasteiger partial charge in [0, 0.05) is 11.3 Å². The predicted molar refractivity (Wildman–Crippen MR) is 87.1 cm³/mol. The van der Waals surface area contributed by atoms with Gasteiger partial charge in [0.2, 0.25) is 0 Å². The zero-order chi connectivity index (χ0) is 17.8. The van der Waals surface area contributed by atoms with Crippen LogP contribution in [0.4, 0.5) is 4.39 Å². The third-order valence-electron chi connectivity index (χ3n) is 4.24. The highest BCUT2D eigenvalue weighted by Gasteiger charge is 2.26. The van der Waals surface area contributed by atoms with E-state index in [-0.39, 0.29) is 11.5 Å². The molecule has 1 aliphatic rings. The number of carbonyl (C=O) groups is 2. The highest BCUT2D eigenvalue weighted by molar-refractivity contribution is 5.90. The van der Waals surface area contributed by atoms with E-state index in [1.807, 2.05) is 0 Å². The first-order chi connectivity index (χ1) is 12.1. The van der Waals surface area contributed by atoms with Gasteiger partial charge in [-0.05, 0) is 49.9 Å². The maximum Gasteiger partial charge on any atom is 0.359 e. The molecule has 1 aromatic heterocycles. The van der Waals surface area contributed by atoms with Gasteiger partial charge in [0.1, 0.15) is 5.82 Å². The lowest BCUT2D eigenvalue weighted by Crippen LogP contribution is -2.16. The van der Waals surface area contributed by atoms with E-state index in [0.717, 1.165) is 43.4 Å². The van der Waals surface area contributed by atoms with Crippen LogP contribution in [0.1, 0.15) is 41.0 Å². The lowest BCUT2D eigenvalue weighted by molar-refractivity contribution is -0.144. The van der Waals surface area contributed by atoms with Crippen LogP contribution in [0.25, 0.3) is 5.69 Å². The van der Waals surface area contributed by atoms with Crippen LogP contribution >= 0.6 is 0 Å². The van der Waals surface area contributed by atoms with Crippen molar-refractivity contribution in [2.24, 2.45) is 0 Å². The molecule has 0 bridgehead atoms. The first-order valence-electron chi connectivity index (χ1n) is 8.21. The van der Waals surface area contributed by atoms with Crippen molar-refractivity contribution < 1.29 is 23.5 Å². The minimum atomic E-state index is -0.649. The van der Waals surface area contributed by atoms with Crippen molar-refractivity contribution >= 4 is 11.9 Å². The Kier molecular flexibility index (Phi) is 5.11. The Bertz CT molecular complexity index is 783. The summed E-state index contributed by atoms with van der Waals surface area (Å²) >= 11 is 0. The largest absolute Gasteiger partial charge is 0.466 e. The Labute approximate surface area is 144 Å². The number of fused-ring (bicyclic) bond motifs is 1. The average molecular weight is 346 g/mol. The van der Waals surface area contributed by atoms with Crippen molar-refractivity contribution in [3.63, 3.8) is 0 Å². The summed E-state index contributed by atoms with van der Waals surface area (Å²) < 4.78 is 24.4. The van der Waals surface area contributed by atoms with Gasteiger partial charge in [-0.1, -0.05) is 6.42 Å². The molecule has 0 radical (unpaired) electrons. The number of hydrogen-bond acceptors (Lipinski definition) is 5. The van der Waals surface area contributed by atoms with Crippen molar-refractivity contribution in [3.8, 4) is 5.69 Å². The Morgan fingerprint density at radius 3 is 2.60 bits per heavy atom. The fourth-order valence-corrected chi connectivity index (χ4v) is 2.99. The molecule has 0 saturated heterocycles. The summed E-state index contributed by atoms with van der Waals surface area (Å²) in [6.07, 6.45) is 4.52. The Morgan fingerprint density at radius 1 is 1.16 bits per heavy atom. The molecule has 7 heteroatoms. The number of esters is 2. The second kappa shape index (κ2) is 7.46. The fraction of sp³-hybridized carbons (Fsp3) is 0.389. The number of benzene rings is 1. The van der Waals surface area contributed by atoms with Gasteiger partial charge in [-0.3, -0.25) is 0 Å². The summed E-state index contributed by atoms with van der Waals surface area (Å²) in [5, 5.41) is 4.40. The molecule has 0 fully saturated rings. The van der Waals surface area contributed by atoms with Gasteiger partial charge in [0.15, 0.2) is 12.3 Å². The first kappa shape index (κ1) is 17.1. The number of aromatic nitrogens is 2. The Morgan fingerprint density at radius 2 is 1.88 bits per heavy atom. The number of hydrogen-bond donors (Lipinski definition) is 0. The van der Waals surface area contributed by atoms with Crippen LogP contribution in [0, 0.1) is 5.82 Å². The van der Waals surface area contributed by atoms with Crippen LogP contribution in [0.5, 0.6) is 0 Å². The molecule has 3 rings (SSSR count). The molecule has 0 amide bonds. The molecule has 0 saturated carbocycles. The van der Waals surface area contributed by atoms with Gasteiger partial charge in [-0.25, -0.2) is 18.7 Å². The number of carbonyl (C=O) groups excluding carboxylic acids is 2. The van der Waals surface area contributed by atoms with E-state index in [9.17, 15) is 14.0 Å². The quantitative estimate of drug-likeness (QED) is 0.629. The summed E-state index contributed by atoms with van der Waals surface area (Å²) in [5.74, 6) is -1.61. The number of halogens is 1. The molecule has 1 aromatic carbocycles. The molecule has 0 unspecified atom stereocenters. The molecule has 1 heterocycles. The van der Waals surface area contributed by atoms with E-state index < -0.39 is 18.5 Å². The molecule has 132 valence electrons. The summed E-state index contributed by atoms with van der Waals surface area (Å²) in [5.41, 5.74) is 2.68. The maximum absolute atomic E-state index is 13.2. The Hall–Kier alpha value is -2.70. The highest BCUT2D eigenvalue weighted by Crippen LogP contribution is 2.27. The summed E-state index contributed by atoms with van der Waals surface area (Å²) in [6, 6.07) is 5.96. The van der Waals surface area contributed by atoms with Crippen LogP contribution in [-0.4, -0.2) is 35.4 Å². The van der Waals surface area contributed by atoms with Crippen molar-refractivity contribution in [1.82, 2.24) is 9.78 Å². The molecule has 1 aliphatic carbocycles. The predicted octanol–water partition coefficient (Wildman–Crippen LogP) is 2.61. The maximum atomic E-state index is 13.2. The average Bonchev–Trinajstić information content (AvgIpc) is 2.81. The highest BCUT2D eigenvalue weighted by atomic mass is 19.1. The van der Waals surface area contributed by atoms with Crippen molar-refractivity contribution in [3.05, 3.63) is 47.0 Å². The number of nitrogens with zero attached hydrogens (tertiary/aromatic N) is 2. The molecule has 0 aliphatic heterocycles. The molecule has 6 nitrogen and oxygen atoms in total. The van der Waals surface area contributed by atoms with Gasteiger partial charge in [-0.2, -0.15) is 5.10 Å². The van der Waals surface area contributed by atoms with E-state index in [1.165, 1.54) is 19.2 Å². The van der Waals surface area contributed by atoms with Gasteiger partial charge in [-0.15, -0.1) is 0 Å². The van der Waals surface area contributed by atoms with Crippen LogP contribution in [-0.2, 0) is 27.1 Å². The lowest BCUT2D eigenvalue weighted by Gasteiger charge is -2.07. The standard InChI is InChI=1S/C18H19FN2O4/c1-24-16(22)11-25-18(23)17-14-5-3-2-4-6-15(14)21(20-17)13-9-7-12(19)8-10-13/h7-10H,2-6,11H2,1H3. The zero-order valence-corrected chi connectivity index (χ0v) is 14.0. The summed E-state index contributed by atoms with van der Waals surface area (Å²) in [4.78, 5) is 23.6. The molecule has 0 atom stereocenters. The number of methoxy groups -OCH3 is 1. The van der Waals surface area contributed by atoms with Crippen molar-refractivity contribution in [1.29, 1.82) is 0 Å². The summed E-state index contributed by atoms with van der Waals surface area (Å²) in [6.45, 7) is -0.451. The Balaban J connectivity index is 1.97. The van der Waals surface area contributed by atoms with Gasteiger partial charge in [0.25, 0.3) is 0 Å². The van der Waals surface area contributed by atoms with Crippen LogP contribution in [0.2, 0.25) is 0 Å². The van der Waals surface area contributed by atoms with Gasteiger partial charge >= 0.3 is 11.9 Å². The smallest absolute Gasteiger partial charge is 0.359 e. The van der Waals surface area contributed by atoms with E-state index >= 15 is 0 Å². The zero-order valence-electron chi connectivity index (χ0n) is 14.0. The molecule has 2 aromatic rings. The van der Waals surface area contributed by atoms with E-state index in [0.29, 0.717) is 5.69 Å². The third kappa shape index (κ3) is 3.70. The second-order valence-corrected chi connectivity index (χ2v) is 5.87. The van der Waals surface area contributed by atoms with Crippen LogP contribution < -0.4 is 0 Å². The van der Waals surface area contributed by atoms with Gasteiger partial charge in [0.05, 0.1) is 12.8 Å². The van der Waals surface area contributed by atoms with E-state index in [4.69, 9.17) is 4.74 Å². The summed E-state index contributed by atoms with van der Waals surface area (Å²) in [7, 11) is 1.23. The van der Waals surface area contributed by atoms with E-state index in [1.54, 1.807) is 16.8 Å². The molecule has 25 heavy (non-hydrogen) atoms. The second-order valence-electron chi connectivity index (χ2n) is 5.87. The van der Waals surface area contributed by atoms with Crippen LogP contribution in [0.15, 0.2) is 24.3 Å². The molecular weight excluding hydrogens is 327 g/mol. The normalized spacial score (nSPS) is 13.7. The van der Waals surface area contributed by atoms with Crippen LogP contribution in [0.3, 0.4) is 0 Å². The monoisotopic (exact) mass is 346 g/mol. The van der Waals surface area contributed by atoms with Gasteiger partial charge < -0.3 is 9.47 Å². The third-order valence-corrected chi connectivity index (χ3v) is 4.24. The SMILES string of the molecule is COC(=O)COC(=O)c1nn(-c2ccc(F)cc2)c2c1CCCCC2. The lowest BCUT2D eigenvalue weighted by atomic mass is 10.1. The number of rotatable bonds is 4. The minimum absolute atomic E-state index is 0.213. The van der Waals surface area contributed by atoms with Crippen molar-refractivity contribution in [2.75, 3.05) is 13.7 Å². The first-order valence-corrected chi connectivity index (χ1v) is 8.21.